The van der Waals surface area contributed by atoms with Gasteiger partial charge in [-0.1, -0.05) is 11.3 Å². The van der Waals surface area contributed by atoms with Gasteiger partial charge in [-0.25, -0.2) is 18.6 Å². The first-order valence-electron chi connectivity index (χ1n) is 6.95. The maximum absolute atomic E-state index is 13.8. The van der Waals surface area contributed by atoms with Crippen molar-refractivity contribution in [2.45, 2.75) is 6.92 Å². The molecule has 0 saturated heterocycles. The number of primary amides is 1. The molecule has 0 aliphatic carbocycles. The predicted octanol–water partition coefficient (Wildman–Crippen LogP) is 4.04. The Morgan fingerprint density at radius 2 is 2.04 bits per heavy atom. The highest BCUT2D eigenvalue weighted by atomic mass is 32.1. The summed E-state index contributed by atoms with van der Waals surface area (Å²) >= 11 is 1.16. The number of aromatic nitrogens is 2. The van der Waals surface area contributed by atoms with Crippen molar-refractivity contribution in [1.82, 2.24) is 9.97 Å². The molecule has 1 aromatic carbocycles. The highest BCUT2D eigenvalue weighted by molar-refractivity contribution is 7.11. The molecule has 0 bridgehead atoms. The van der Waals surface area contributed by atoms with Crippen LogP contribution in [0.25, 0.3) is 11.3 Å². The molecule has 0 radical (unpaired) electrons. The molecule has 0 atom stereocenters. The number of nitrogens with two attached hydrogens (primary N) is 1. The van der Waals surface area contributed by atoms with Gasteiger partial charge in [0.15, 0.2) is 11.6 Å². The third-order valence-corrected chi connectivity index (χ3v) is 3.84. The quantitative estimate of drug-likeness (QED) is 0.756. The van der Waals surface area contributed by atoms with Crippen LogP contribution in [-0.4, -0.2) is 16.1 Å². The highest BCUT2D eigenvalue weighted by Crippen LogP contribution is 2.31. The molecular formula is C16H11F2N3O3S. The van der Waals surface area contributed by atoms with Crippen molar-refractivity contribution < 1.29 is 23.0 Å². The van der Waals surface area contributed by atoms with E-state index in [0.29, 0.717) is 17.0 Å². The Bertz CT molecular complexity index is 946. The van der Waals surface area contributed by atoms with Crippen molar-refractivity contribution in [3.8, 4) is 28.0 Å². The smallest absolute Gasteiger partial charge is 0.410 e. The van der Waals surface area contributed by atoms with E-state index in [1.54, 1.807) is 12.3 Å². The zero-order valence-corrected chi connectivity index (χ0v) is 13.6. The number of halogens is 2. The van der Waals surface area contributed by atoms with Crippen LogP contribution in [0.4, 0.5) is 13.6 Å². The fraction of sp³-hybridized carbons (Fsp3) is 0.0625. The topological polar surface area (TPSA) is 87.3 Å². The number of pyridine rings is 1. The first-order valence-corrected chi connectivity index (χ1v) is 7.83. The molecule has 9 heteroatoms. The molecule has 0 unspecified atom stereocenters. The van der Waals surface area contributed by atoms with Crippen LogP contribution in [-0.2, 0) is 0 Å². The number of ether oxygens (including phenoxy) is 2. The molecule has 0 aliphatic heterocycles. The Hall–Kier alpha value is -3.07. The van der Waals surface area contributed by atoms with Gasteiger partial charge in [0.1, 0.15) is 11.6 Å². The van der Waals surface area contributed by atoms with Gasteiger partial charge in [-0.3, -0.25) is 4.98 Å². The lowest BCUT2D eigenvalue weighted by Crippen LogP contribution is -2.16. The number of hydrogen-bond donors (Lipinski definition) is 1. The van der Waals surface area contributed by atoms with E-state index in [-0.39, 0.29) is 16.7 Å². The number of aryl methyl sites for hydroxylation is 1. The Morgan fingerprint density at radius 3 is 2.72 bits per heavy atom. The number of carbonyl (C=O) groups is 1. The molecule has 6 nitrogen and oxygen atoms in total. The van der Waals surface area contributed by atoms with Crippen LogP contribution in [0.2, 0.25) is 0 Å². The maximum Gasteiger partial charge on any atom is 0.410 e. The van der Waals surface area contributed by atoms with E-state index < -0.39 is 17.7 Å². The lowest BCUT2D eigenvalue weighted by molar-refractivity contribution is 0.208. The van der Waals surface area contributed by atoms with E-state index in [0.717, 1.165) is 17.4 Å². The predicted molar refractivity (Wildman–Crippen MR) is 86.7 cm³/mol. The van der Waals surface area contributed by atoms with Gasteiger partial charge < -0.3 is 15.2 Å². The van der Waals surface area contributed by atoms with Gasteiger partial charge >= 0.3 is 6.09 Å². The number of thiazole rings is 1. The van der Waals surface area contributed by atoms with Crippen LogP contribution >= 0.6 is 11.3 Å². The Kier molecular flexibility index (Phi) is 4.57. The van der Waals surface area contributed by atoms with Crippen molar-refractivity contribution in [2.24, 2.45) is 5.73 Å². The standard InChI is InChI=1S/C16H11F2N3O3S/c1-8-11(17)4-9(6-20-8)13-7-25-16(21-13)23-10-2-3-14(12(18)5-10)24-15(19)22/h2-7H,1H3,(H2,19,22). The second-order valence-electron chi connectivity index (χ2n) is 4.91. The Labute approximate surface area is 144 Å². The molecule has 2 heterocycles. The first kappa shape index (κ1) is 16.8. The van der Waals surface area contributed by atoms with E-state index >= 15 is 0 Å². The van der Waals surface area contributed by atoms with Gasteiger partial charge in [0.05, 0.1) is 11.4 Å². The van der Waals surface area contributed by atoms with Crippen molar-refractivity contribution in [3.63, 3.8) is 0 Å². The lowest BCUT2D eigenvalue weighted by Gasteiger charge is -2.05. The fourth-order valence-electron chi connectivity index (χ4n) is 1.92. The zero-order valence-electron chi connectivity index (χ0n) is 12.8. The summed E-state index contributed by atoms with van der Waals surface area (Å²) in [4.78, 5) is 18.8. The second-order valence-corrected chi connectivity index (χ2v) is 5.73. The summed E-state index contributed by atoms with van der Waals surface area (Å²) in [5.74, 6) is -1.39. The third kappa shape index (κ3) is 3.89. The summed E-state index contributed by atoms with van der Waals surface area (Å²) in [6.07, 6.45) is 0.392. The first-order chi connectivity index (χ1) is 11.9. The number of amides is 1. The average Bonchev–Trinajstić information content (AvgIpc) is 3.01. The molecule has 0 spiro atoms. The summed E-state index contributed by atoms with van der Waals surface area (Å²) in [6, 6.07) is 4.97. The van der Waals surface area contributed by atoms with Gasteiger partial charge in [0.2, 0.25) is 0 Å². The van der Waals surface area contributed by atoms with Crippen molar-refractivity contribution >= 4 is 17.4 Å². The average molecular weight is 363 g/mol. The summed E-state index contributed by atoms with van der Waals surface area (Å²) in [5.41, 5.74) is 6.12. The molecule has 2 N–H and O–H groups in total. The minimum atomic E-state index is -1.11. The SMILES string of the molecule is Cc1ncc(-c2csc(Oc3ccc(OC(N)=O)c(F)c3)n2)cc1F. The molecule has 25 heavy (non-hydrogen) atoms. The van der Waals surface area contributed by atoms with Crippen LogP contribution in [0.5, 0.6) is 16.7 Å². The maximum atomic E-state index is 13.8. The van der Waals surface area contributed by atoms with Crippen molar-refractivity contribution in [2.75, 3.05) is 0 Å². The van der Waals surface area contributed by atoms with Gasteiger partial charge in [-0.05, 0) is 25.1 Å². The molecule has 0 aliphatic rings. The fourth-order valence-corrected chi connectivity index (χ4v) is 2.62. The number of hydrogen-bond acceptors (Lipinski definition) is 6. The minimum Gasteiger partial charge on any atom is -0.431 e. The molecule has 0 saturated carbocycles. The van der Waals surface area contributed by atoms with Gasteiger partial charge in [0, 0.05) is 23.2 Å². The van der Waals surface area contributed by atoms with Crippen LogP contribution in [0, 0.1) is 18.6 Å². The molecule has 3 aromatic rings. The van der Waals surface area contributed by atoms with E-state index in [4.69, 9.17) is 10.5 Å². The van der Waals surface area contributed by atoms with E-state index in [1.807, 2.05) is 0 Å². The summed E-state index contributed by atoms with van der Waals surface area (Å²) in [5, 5.41) is 1.90. The zero-order chi connectivity index (χ0) is 18.0. The summed E-state index contributed by atoms with van der Waals surface area (Å²) in [6.45, 7) is 1.56. The summed E-state index contributed by atoms with van der Waals surface area (Å²) < 4.78 is 37.3. The molecule has 2 aromatic heterocycles. The van der Waals surface area contributed by atoms with Crippen molar-refractivity contribution in [1.29, 1.82) is 0 Å². The number of carbonyl (C=O) groups excluding carboxylic acids is 1. The van der Waals surface area contributed by atoms with Gasteiger partial charge in [-0.15, -0.1) is 0 Å². The van der Waals surface area contributed by atoms with Crippen LogP contribution in [0.15, 0.2) is 35.8 Å². The lowest BCUT2D eigenvalue weighted by atomic mass is 10.2. The second kappa shape index (κ2) is 6.81. The number of rotatable bonds is 4. The molecule has 3 rings (SSSR count). The third-order valence-electron chi connectivity index (χ3n) is 3.12. The van der Waals surface area contributed by atoms with Crippen LogP contribution in [0.3, 0.4) is 0 Å². The monoisotopic (exact) mass is 363 g/mol. The van der Waals surface area contributed by atoms with Crippen molar-refractivity contribution in [3.05, 3.63) is 53.2 Å². The van der Waals surface area contributed by atoms with E-state index in [2.05, 4.69) is 14.7 Å². The normalized spacial score (nSPS) is 10.5. The largest absolute Gasteiger partial charge is 0.431 e. The van der Waals surface area contributed by atoms with Gasteiger partial charge in [0.25, 0.3) is 5.19 Å². The minimum absolute atomic E-state index is 0.156. The van der Waals surface area contributed by atoms with E-state index in [9.17, 15) is 13.6 Å². The Morgan fingerprint density at radius 1 is 1.24 bits per heavy atom. The number of benzene rings is 1. The molecule has 0 fully saturated rings. The van der Waals surface area contributed by atoms with Gasteiger partial charge in [-0.2, -0.15) is 0 Å². The van der Waals surface area contributed by atoms with E-state index in [1.165, 1.54) is 24.4 Å². The molecule has 1 amide bonds. The van der Waals surface area contributed by atoms with Crippen LogP contribution in [0.1, 0.15) is 5.69 Å². The number of nitrogens with zero attached hydrogens (tertiary/aromatic N) is 2. The van der Waals surface area contributed by atoms with Crippen LogP contribution < -0.4 is 15.2 Å². The Balaban J connectivity index is 1.78. The highest BCUT2D eigenvalue weighted by Gasteiger charge is 2.12. The molecule has 128 valence electrons. The summed E-state index contributed by atoms with van der Waals surface area (Å²) in [7, 11) is 0. The molecular weight excluding hydrogens is 352 g/mol.